The molecule has 1 N–H and O–H groups in total. The van der Waals surface area contributed by atoms with Crippen molar-refractivity contribution in [2.45, 2.75) is 13.5 Å². The summed E-state index contributed by atoms with van der Waals surface area (Å²) in [6, 6.07) is 14.1. The van der Waals surface area contributed by atoms with Crippen LogP contribution in [0, 0.1) is 6.92 Å². The summed E-state index contributed by atoms with van der Waals surface area (Å²) >= 11 is 9.47. The van der Waals surface area contributed by atoms with Crippen LogP contribution in [0.4, 0.5) is 5.69 Å². The highest BCUT2D eigenvalue weighted by atomic mass is 79.9. The molecule has 0 saturated carbocycles. The van der Waals surface area contributed by atoms with E-state index in [1.807, 2.05) is 24.3 Å². The summed E-state index contributed by atoms with van der Waals surface area (Å²) in [5, 5.41) is 4.12. The van der Waals surface area contributed by atoms with Gasteiger partial charge in [0.15, 0.2) is 0 Å². The van der Waals surface area contributed by atoms with Crippen molar-refractivity contribution < 1.29 is 0 Å². The third-order valence-electron chi connectivity index (χ3n) is 2.66. The van der Waals surface area contributed by atoms with E-state index in [0.717, 1.165) is 21.7 Å². The van der Waals surface area contributed by atoms with Crippen LogP contribution >= 0.6 is 27.5 Å². The maximum absolute atomic E-state index is 5.97. The topological polar surface area (TPSA) is 12.0 Å². The van der Waals surface area contributed by atoms with Crippen molar-refractivity contribution in [3.05, 3.63) is 63.1 Å². The highest BCUT2D eigenvalue weighted by Gasteiger charge is 2.01. The van der Waals surface area contributed by atoms with E-state index >= 15 is 0 Å². The van der Waals surface area contributed by atoms with Crippen molar-refractivity contribution in [1.29, 1.82) is 0 Å². The Balaban J connectivity index is 2.12. The minimum absolute atomic E-state index is 0.737. The number of rotatable bonds is 3. The van der Waals surface area contributed by atoms with Crippen LogP contribution in [0.3, 0.4) is 0 Å². The fourth-order valence-corrected chi connectivity index (χ4v) is 2.19. The summed E-state index contributed by atoms with van der Waals surface area (Å²) in [6.07, 6.45) is 0. The van der Waals surface area contributed by atoms with Gasteiger partial charge in [-0.15, -0.1) is 0 Å². The van der Waals surface area contributed by atoms with E-state index in [0.29, 0.717) is 0 Å². The molecule has 0 heterocycles. The quantitative estimate of drug-likeness (QED) is 0.839. The average Bonchev–Trinajstić information content (AvgIpc) is 2.32. The van der Waals surface area contributed by atoms with Crippen LogP contribution in [0.25, 0.3) is 0 Å². The van der Waals surface area contributed by atoms with Crippen molar-refractivity contribution in [2.75, 3.05) is 5.32 Å². The van der Waals surface area contributed by atoms with Crippen LogP contribution in [-0.4, -0.2) is 0 Å². The highest BCUT2D eigenvalue weighted by molar-refractivity contribution is 9.10. The first-order chi connectivity index (χ1) is 8.16. The molecule has 0 radical (unpaired) electrons. The van der Waals surface area contributed by atoms with E-state index in [-0.39, 0.29) is 0 Å². The Morgan fingerprint density at radius 3 is 2.71 bits per heavy atom. The van der Waals surface area contributed by atoms with Gasteiger partial charge in [0, 0.05) is 16.0 Å². The fraction of sp³-hybridized carbons (Fsp3) is 0.143. The molecule has 2 aromatic rings. The summed E-state index contributed by atoms with van der Waals surface area (Å²) in [5.74, 6) is 0. The van der Waals surface area contributed by atoms with Crippen molar-refractivity contribution in [3.8, 4) is 0 Å². The monoisotopic (exact) mass is 309 g/mol. The summed E-state index contributed by atoms with van der Waals surface area (Å²) in [5.41, 5.74) is 3.60. The predicted molar refractivity (Wildman–Crippen MR) is 77.7 cm³/mol. The Labute approximate surface area is 115 Å². The molecule has 88 valence electrons. The standard InChI is InChI=1S/C14H13BrClN/c1-10-4-2-3-5-11(10)9-17-14-8-12(16)6-7-13(14)15/h2-8,17H,9H2,1H3. The Hall–Kier alpha value is -0.990. The second kappa shape index (κ2) is 5.56. The molecule has 0 unspecified atom stereocenters. The smallest absolute Gasteiger partial charge is 0.0502 e. The van der Waals surface area contributed by atoms with Gasteiger partial charge in [-0.3, -0.25) is 0 Å². The Morgan fingerprint density at radius 1 is 1.18 bits per heavy atom. The zero-order valence-electron chi connectivity index (χ0n) is 9.50. The SMILES string of the molecule is Cc1ccccc1CNc1cc(Cl)ccc1Br. The molecule has 0 atom stereocenters. The van der Waals surface area contributed by atoms with Crippen LogP contribution in [0.2, 0.25) is 5.02 Å². The lowest BCUT2D eigenvalue weighted by Crippen LogP contribution is -2.01. The number of aryl methyl sites for hydroxylation is 1. The lowest BCUT2D eigenvalue weighted by atomic mass is 10.1. The normalized spacial score (nSPS) is 10.3. The molecule has 2 aromatic carbocycles. The van der Waals surface area contributed by atoms with Gasteiger partial charge in [0.2, 0.25) is 0 Å². The van der Waals surface area contributed by atoms with Crippen LogP contribution in [0.1, 0.15) is 11.1 Å². The number of halogens is 2. The van der Waals surface area contributed by atoms with Crippen molar-refractivity contribution in [3.63, 3.8) is 0 Å². The maximum Gasteiger partial charge on any atom is 0.0502 e. The van der Waals surface area contributed by atoms with Crippen LogP contribution in [0.15, 0.2) is 46.9 Å². The fourth-order valence-electron chi connectivity index (χ4n) is 1.63. The van der Waals surface area contributed by atoms with Crippen LogP contribution < -0.4 is 5.32 Å². The van der Waals surface area contributed by atoms with Gasteiger partial charge in [-0.2, -0.15) is 0 Å². The van der Waals surface area contributed by atoms with E-state index in [1.165, 1.54) is 11.1 Å². The van der Waals surface area contributed by atoms with Crippen LogP contribution in [0.5, 0.6) is 0 Å². The number of hydrogen-bond donors (Lipinski definition) is 1. The summed E-state index contributed by atoms with van der Waals surface area (Å²) < 4.78 is 1.02. The molecular weight excluding hydrogens is 298 g/mol. The van der Waals surface area contributed by atoms with Gasteiger partial charge >= 0.3 is 0 Å². The molecule has 17 heavy (non-hydrogen) atoms. The van der Waals surface area contributed by atoms with Crippen molar-refractivity contribution in [1.82, 2.24) is 0 Å². The predicted octanol–water partition coefficient (Wildman–Crippen LogP) is 5.02. The summed E-state index contributed by atoms with van der Waals surface area (Å²) in [7, 11) is 0. The number of anilines is 1. The maximum atomic E-state index is 5.97. The van der Waals surface area contributed by atoms with E-state index in [2.05, 4.69) is 46.4 Å². The molecule has 0 saturated heterocycles. The number of hydrogen-bond acceptors (Lipinski definition) is 1. The molecule has 0 aliphatic rings. The van der Waals surface area contributed by atoms with Gasteiger partial charge in [-0.1, -0.05) is 35.9 Å². The van der Waals surface area contributed by atoms with E-state index in [4.69, 9.17) is 11.6 Å². The lowest BCUT2D eigenvalue weighted by Gasteiger charge is -2.10. The second-order valence-electron chi connectivity index (χ2n) is 3.90. The van der Waals surface area contributed by atoms with Gasteiger partial charge in [0.05, 0.1) is 5.69 Å². The van der Waals surface area contributed by atoms with Gasteiger partial charge in [-0.05, 0) is 52.2 Å². The van der Waals surface area contributed by atoms with E-state index in [9.17, 15) is 0 Å². The molecular formula is C14H13BrClN. The molecule has 0 fully saturated rings. The molecule has 0 spiro atoms. The summed E-state index contributed by atoms with van der Waals surface area (Å²) in [4.78, 5) is 0. The number of nitrogens with one attached hydrogen (secondary N) is 1. The zero-order chi connectivity index (χ0) is 12.3. The molecule has 2 rings (SSSR count). The van der Waals surface area contributed by atoms with Gasteiger partial charge in [0.1, 0.15) is 0 Å². The highest BCUT2D eigenvalue weighted by Crippen LogP contribution is 2.26. The molecule has 1 nitrogen and oxygen atoms in total. The first-order valence-corrected chi connectivity index (χ1v) is 6.57. The Morgan fingerprint density at radius 2 is 1.94 bits per heavy atom. The minimum atomic E-state index is 0.737. The van der Waals surface area contributed by atoms with Gasteiger partial charge in [-0.25, -0.2) is 0 Å². The van der Waals surface area contributed by atoms with Crippen LogP contribution in [-0.2, 0) is 6.54 Å². The largest absolute Gasteiger partial charge is 0.380 e. The van der Waals surface area contributed by atoms with Gasteiger partial charge in [0.25, 0.3) is 0 Å². The minimum Gasteiger partial charge on any atom is -0.380 e. The average molecular weight is 311 g/mol. The van der Waals surface area contributed by atoms with Gasteiger partial charge < -0.3 is 5.32 Å². The number of benzene rings is 2. The first kappa shape index (κ1) is 12.5. The molecule has 0 amide bonds. The molecule has 0 aromatic heterocycles. The third kappa shape index (κ3) is 3.24. The molecule has 0 aliphatic carbocycles. The Bertz CT molecular complexity index is 525. The molecule has 3 heteroatoms. The lowest BCUT2D eigenvalue weighted by molar-refractivity contribution is 1.12. The first-order valence-electron chi connectivity index (χ1n) is 5.40. The van der Waals surface area contributed by atoms with E-state index < -0.39 is 0 Å². The van der Waals surface area contributed by atoms with Crippen molar-refractivity contribution in [2.24, 2.45) is 0 Å². The zero-order valence-corrected chi connectivity index (χ0v) is 11.8. The van der Waals surface area contributed by atoms with E-state index in [1.54, 1.807) is 0 Å². The van der Waals surface area contributed by atoms with Crippen molar-refractivity contribution >= 4 is 33.2 Å². The second-order valence-corrected chi connectivity index (χ2v) is 5.19. The summed E-state index contributed by atoms with van der Waals surface area (Å²) in [6.45, 7) is 2.91. The molecule has 0 bridgehead atoms. The third-order valence-corrected chi connectivity index (χ3v) is 3.59. The Kier molecular flexibility index (Phi) is 4.08. The molecule has 0 aliphatic heterocycles.